The van der Waals surface area contributed by atoms with E-state index in [0.717, 1.165) is 43.0 Å². The molecule has 4 rings (SSSR count). The molecule has 0 unspecified atom stereocenters. The molecule has 1 aromatic rings. The van der Waals surface area contributed by atoms with Crippen molar-refractivity contribution in [2.24, 2.45) is 11.8 Å². The van der Waals surface area contributed by atoms with Crippen molar-refractivity contribution >= 4 is 0 Å². The zero-order valence-electron chi connectivity index (χ0n) is 15.4. The topological polar surface area (TPSA) is 37.0 Å². The number of likely N-dealkylation sites (tertiary alicyclic amines) is 2. The van der Waals surface area contributed by atoms with Crippen LogP contribution in [0.5, 0.6) is 11.5 Å². The van der Waals surface area contributed by atoms with Crippen LogP contribution in [0.15, 0.2) is 18.2 Å². The van der Waals surface area contributed by atoms with Crippen LogP contribution < -0.4 is 14.8 Å². The van der Waals surface area contributed by atoms with Gasteiger partial charge in [-0.1, -0.05) is 6.07 Å². The van der Waals surface area contributed by atoms with Gasteiger partial charge in [-0.05, 0) is 68.6 Å². The third-order valence-electron chi connectivity index (χ3n) is 5.96. The van der Waals surface area contributed by atoms with Crippen LogP contribution in [0.2, 0.25) is 0 Å². The van der Waals surface area contributed by atoms with Gasteiger partial charge in [-0.3, -0.25) is 9.80 Å². The fourth-order valence-corrected chi connectivity index (χ4v) is 4.56. The molecule has 0 radical (unpaired) electrons. The highest BCUT2D eigenvalue weighted by Crippen LogP contribution is 2.31. The van der Waals surface area contributed by atoms with Crippen LogP contribution in [0, 0.1) is 11.8 Å². The van der Waals surface area contributed by atoms with E-state index in [9.17, 15) is 0 Å². The summed E-state index contributed by atoms with van der Waals surface area (Å²) in [5.74, 6) is 3.41. The first-order chi connectivity index (χ1) is 12.3. The van der Waals surface area contributed by atoms with E-state index in [2.05, 4.69) is 33.3 Å². The lowest BCUT2D eigenvalue weighted by Gasteiger charge is -2.19. The molecule has 138 valence electrons. The standard InChI is InChI=1S/C20H31N3O2/c1-24-20-10-16(13-23-14-17-11-21-12-18(17)15-23)4-5-19(20)25-9-8-22-6-2-3-7-22/h4-5,10,17-18,21H,2-3,6-9,11-15H2,1H3/t17-,18+. The number of hydrogen-bond acceptors (Lipinski definition) is 5. The maximum Gasteiger partial charge on any atom is 0.161 e. The average Bonchev–Trinajstić information content (AvgIpc) is 3.33. The van der Waals surface area contributed by atoms with Crippen molar-refractivity contribution in [1.29, 1.82) is 0 Å². The molecule has 0 saturated carbocycles. The van der Waals surface area contributed by atoms with Crippen LogP contribution in [-0.4, -0.2) is 69.3 Å². The van der Waals surface area contributed by atoms with E-state index < -0.39 is 0 Å². The lowest BCUT2D eigenvalue weighted by molar-refractivity contribution is 0.230. The van der Waals surface area contributed by atoms with Crippen molar-refractivity contribution in [2.75, 3.05) is 59.5 Å². The van der Waals surface area contributed by atoms with E-state index in [1.165, 1.54) is 57.7 Å². The SMILES string of the molecule is COc1cc(CN2C[C@H]3CNC[C@H]3C2)ccc1OCCN1CCCC1. The molecule has 3 fully saturated rings. The summed E-state index contributed by atoms with van der Waals surface area (Å²) >= 11 is 0. The maximum atomic E-state index is 5.99. The van der Waals surface area contributed by atoms with Gasteiger partial charge in [0.15, 0.2) is 11.5 Å². The molecule has 2 atom stereocenters. The molecule has 3 heterocycles. The van der Waals surface area contributed by atoms with Gasteiger partial charge < -0.3 is 14.8 Å². The monoisotopic (exact) mass is 345 g/mol. The van der Waals surface area contributed by atoms with E-state index in [4.69, 9.17) is 9.47 Å². The highest BCUT2D eigenvalue weighted by atomic mass is 16.5. The van der Waals surface area contributed by atoms with Gasteiger partial charge in [-0.15, -0.1) is 0 Å². The number of fused-ring (bicyclic) bond motifs is 1. The molecule has 0 aromatic heterocycles. The predicted octanol–water partition coefficient (Wildman–Crippen LogP) is 1.82. The highest BCUT2D eigenvalue weighted by molar-refractivity contribution is 5.43. The molecule has 5 nitrogen and oxygen atoms in total. The first-order valence-corrected chi connectivity index (χ1v) is 9.77. The number of nitrogens with one attached hydrogen (secondary N) is 1. The van der Waals surface area contributed by atoms with Crippen LogP contribution in [0.4, 0.5) is 0 Å². The second-order valence-electron chi connectivity index (χ2n) is 7.75. The number of hydrogen-bond donors (Lipinski definition) is 1. The van der Waals surface area contributed by atoms with Gasteiger partial charge in [0.25, 0.3) is 0 Å². The Morgan fingerprint density at radius 1 is 1.04 bits per heavy atom. The molecule has 3 aliphatic heterocycles. The van der Waals surface area contributed by atoms with Gasteiger partial charge in [-0.25, -0.2) is 0 Å². The Balaban J connectivity index is 1.31. The molecule has 0 spiro atoms. The van der Waals surface area contributed by atoms with E-state index in [1.807, 2.05) is 0 Å². The van der Waals surface area contributed by atoms with Crippen molar-refractivity contribution < 1.29 is 9.47 Å². The Hall–Kier alpha value is -1.30. The molecule has 3 aliphatic rings. The van der Waals surface area contributed by atoms with Crippen molar-refractivity contribution in [1.82, 2.24) is 15.1 Å². The van der Waals surface area contributed by atoms with Crippen molar-refractivity contribution in [2.45, 2.75) is 19.4 Å². The second kappa shape index (κ2) is 7.94. The molecule has 0 bridgehead atoms. The normalized spacial score (nSPS) is 26.9. The first-order valence-electron chi connectivity index (χ1n) is 9.77. The zero-order chi connectivity index (χ0) is 17.1. The fraction of sp³-hybridized carbons (Fsp3) is 0.700. The largest absolute Gasteiger partial charge is 0.493 e. The van der Waals surface area contributed by atoms with Gasteiger partial charge >= 0.3 is 0 Å². The summed E-state index contributed by atoms with van der Waals surface area (Å²) in [7, 11) is 1.73. The van der Waals surface area contributed by atoms with E-state index >= 15 is 0 Å². The van der Waals surface area contributed by atoms with Gasteiger partial charge in [-0.2, -0.15) is 0 Å². The summed E-state index contributed by atoms with van der Waals surface area (Å²) in [4.78, 5) is 5.05. The number of nitrogens with zero attached hydrogens (tertiary/aromatic N) is 2. The Bertz CT molecular complexity index is 562. The lowest BCUT2D eigenvalue weighted by Crippen LogP contribution is -2.25. The fourth-order valence-electron chi connectivity index (χ4n) is 4.56. The summed E-state index contributed by atoms with van der Waals surface area (Å²) in [6, 6.07) is 6.42. The third-order valence-corrected chi connectivity index (χ3v) is 5.96. The van der Waals surface area contributed by atoms with Crippen LogP contribution in [0.1, 0.15) is 18.4 Å². The van der Waals surface area contributed by atoms with E-state index in [-0.39, 0.29) is 0 Å². The summed E-state index contributed by atoms with van der Waals surface area (Å²) in [5, 5.41) is 3.51. The molecule has 0 amide bonds. The lowest BCUT2D eigenvalue weighted by atomic mass is 10.0. The van der Waals surface area contributed by atoms with Crippen LogP contribution in [-0.2, 0) is 6.54 Å². The third kappa shape index (κ3) is 4.10. The Morgan fingerprint density at radius 3 is 2.52 bits per heavy atom. The number of rotatable bonds is 7. The number of benzene rings is 1. The smallest absolute Gasteiger partial charge is 0.161 e. The van der Waals surface area contributed by atoms with Gasteiger partial charge in [0.1, 0.15) is 6.61 Å². The number of methoxy groups -OCH3 is 1. The van der Waals surface area contributed by atoms with Crippen LogP contribution in [0.25, 0.3) is 0 Å². The van der Waals surface area contributed by atoms with Crippen molar-refractivity contribution in [3.8, 4) is 11.5 Å². The first kappa shape index (κ1) is 17.1. The van der Waals surface area contributed by atoms with Gasteiger partial charge in [0.05, 0.1) is 7.11 Å². The molecule has 1 aromatic carbocycles. The second-order valence-corrected chi connectivity index (χ2v) is 7.75. The highest BCUT2D eigenvalue weighted by Gasteiger charge is 2.35. The minimum absolute atomic E-state index is 0.734. The quantitative estimate of drug-likeness (QED) is 0.816. The molecular weight excluding hydrogens is 314 g/mol. The Labute approximate surface area is 151 Å². The Kier molecular flexibility index (Phi) is 5.44. The molecule has 0 aliphatic carbocycles. The summed E-state index contributed by atoms with van der Waals surface area (Å²) in [5.41, 5.74) is 1.32. The van der Waals surface area contributed by atoms with Crippen LogP contribution >= 0.6 is 0 Å². The summed E-state index contributed by atoms with van der Waals surface area (Å²) in [6.07, 6.45) is 2.65. The van der Waals surface area contributed by atoms with Gasteiger partial charge in [0.2, 0.25) is 0 Å². The van der Waals surface area contributed by atoms with E-state index in [0.29, 0.717) is 0 Å². The summed E-state index contributed by atoms with van der Waals surface area (Å²) in [6.45, 7) is 10.00. The zero-order valence-corrected chi connectivity index (χ0v) is 15.4. The van der Waals surface area contributed by atoms with Crippen molar-refractivity contribution in [3.05, 3.63) is 23.8 Å². The minimum Gasteiger partial charge on any atom is -0.493 e. The van der Waals surface area contributed by atoms with Crippen molar-refractivity contribution in [3.63, 3.8) is 0 Å². The Morgan fingerprint density at radius 2 is 1.80 bits per heavy atom. The van der Waals surface area contributed by atoms with E-state index in [1.54, 1.807) is 7.11 Å². The summed E-state index contributed by atoms with van der Waals surface area (Å²) < 4.78 is 11.6. The number of ether oxygens (including phenoxy) is 2. The molecule has 1 N–H and O–H groups in total. The maximum absolute atomic E-state index is 5.99. The predicted molar refractivity (Wildman–Crippen MR) is 99.3 cm³/mol. The minimum atomic E-state index is 0.734. The molecular formula is C20H31N3O2. The van der Waals surface area contributed by atoms with Gasteiger partial charge in [0, 0.05) is 26.2 Å². The average molecular weight is 345 g/mol. The molecule has 25 heavy (non-hydrogen) atoms. The molecule has 5 heteroatoms. The van der Waals surface area contributed by atoms with Crippen LogP contribution in [0.3, 0.4) is 0 Å². The molecule has 3 saturated heterocycles.